The van der Waals surface area contributed by atoms with E-state index in [1.807, 2.05) is 70.8 Å². The zero-order valence-electron chi connectivity index (χ0n) is 39.9. The number of halogens is 6. The maximum absolute atomic E-state index is 15.0. The molecular formula is C57H44Br2F4N4O7S. The maximum Gasteiger partial charge on any atom is 0.338 e. The van der Waals surface area contributed by atoms with Crippen molar-refractivity contribution in [2.45, 2.75) is 45.8 Å². The number of nitrogens with zero attached hydrogens (tertiary/aromatic N) is 2. The largest absolute Gasteiger partial charge is 0.492 e. The average Bonchev–Trinajstić information content (AvgIpc) is 4.13. The number of amides is 1. The molecule has 1 aliphatic rings. The lowest BCUT2D eigenvalue weighted by Crippen LogP contribution is -2.18. The molecule has 3 heterocycles. The van der Waals surface area contributed by atoms with E-state index in [2.05, 4.69) is 37.2 Å². The number of aromatic carboxylic acids is 1. The lowest BCUT2D eigenvalue weighted by molar-refractivity contribution is -0.115. The Balaban J connectivity index is 0.995. The first-order valence-corrected chi connectivity index (χ1v) is 25.6. The van der Waals surface area contributed by atoms with Crippen LogP contribution in [0, 0.1) is 37.1 Å². The maximum atomic E-state index is 15.0. The first kappa shape index (κ1) is 52.2. The number of nitrogen functional groups attached to an aromatic ring is 1. The SMILES string of the molecule is Cc1ccc(-c2cc(Br)ccc2OCc2ccc(F)cc2F)n1-c1cc(N)cc(C(=O)OCC2=C(Br)CC(c3ccc(C)n3-c3cc(NC(=O)Cc4cccs4)cc(C(=O)O)c3)C(OCc3ccc(F)cc3F)=C2)c1. The molecule has 11 nitrogen and oxygen atoms in total. The van der Waals surface area contributed by atoms with Gasteiger partial charge >= 0.3 is 11.9 Å². The van der Waals surface area contributed by atoms with Crippen molar-refractivity contribution >= 4 is 72.4 Å². The molecule has 4 N–H and O–H groups in total. The van der Waals surface area contributed by atoms with E-state index >= 15 is 4.39 Å². The number of thiophene rings is 1. The third-order valence-electron chi connectivity index (χ3n) is 12.4. The Hall–Kier alpha value is -7.67. The molecule has 0 spiro atoms. The van der Waals surface area contributed by atoms with Gasteiger partial charge in [-0.25, -0.2) is 27.2 Å². The Labute approximate surface area is 448 Å². The van der Waals surface area contributed by atoms with Crippen LogP contribution in [0.25, 0.3) is 22.6 Å². The normalized spacial score (nSPS) is 13.4. The summed E-state index contributed by atoms with van der Waals surface area (Å²) >= 11 is 8.71. The summed E-state index contributed by atoms with van der Waals surface area (Å²) in [5.41, 5.74) is 12.2. The number of benzene rings is 5. The zero-order chi connectivity index (χ0) is 53.1. The fraction of sp³-hybridized carbons (Fsp3) is 0.140. The number of rotatable bonds is 17. The topological polar surface area (TPSA) is 147 Å². The molecule has 75 heavy (non-hydrogen) atoms. The quantitative estimate of drug-likeness (QED) is 0.0464. The first-order valence-electron chi connectivity index (χ1n) is 23.2. The van der Waals surface area contributed by atoms with Crippen molar-refractivity contribution in [3.05, 3.63) is 227 Å². The van der Waals surface area contributed by atoms with Gasteiger partial charge in [0.05, 0.1) is 29.2 Å². The molecule has 0 bridgehead atoms. The second-order valence-corrected chi connectivity index (χ2v) is 20.5. The average molecular weight is 1160 g/mol. The fourth-order valence-corrected chi connectivity index (χ4v) is 10.4. The van der Waals surface area contributed by atoms with Gasteiger partial charge in [0.2, 0.25) is 5.91 Å². The molecule has 382 valence electrons. The number of esters is 1. The third-order valence-corrected chi connectivity index (χ3v) is 14.6. The standard InChI is InChI=1S/C57H44Br2F4N4O7S/c1-31-5-12-51(46-21-38(58)9-14-53(46)72-28-33-7-10-39(60)22-49(33)62)66(31)43-19-36(16-41(64)24-43)57(71)74-30-37-20-54(73-29-34-8-11-40(61)23-50(34)63)47(27-48(37)59)52-13-6-32(2)67(52)44-18-35(56(69)70)17-42(25-44)65-55(68)26-45-4-3-15-75-45/h3-25,47H,26-30,64H2,1-2H3,(H,65,68)(H,69,70). The number of carbonyl (C=O) groups excluding carboxylic acids is 2. The minimum Gasteiger partial charge on any atom is -0.492 e. The van der Waals surface area contributed by atoms with Gasteiger partial charge in [-0.05, 0) is 141 Å². The number of nitrogens with one attached hydrogen (secondary N) is 1. The van der Waals surface area contributed by atoms with Gasteiger partial charge in [-0.15, -0.1) is 11.3 Å². The zero-order valence-corrected chi connectivity index (χ0v) is 43.9. The summed E-state index contributed by atoms with van der Waals surface area (Å²) in [7, 11) is 0. The molecule has 8 aromatic rings. The summed E-state index contributed by atoms with van der Waals surface area (Å²) in [4.78, 5) is 40.5. The van der Waals surface area contributed by atoms with Crippen molar-refractivity contribution in [2.24, 2.45) is 0 Å². The Bertz CT molecular complexity index is 3590. The van der Waals surface area contributed by atoms with Gasteiger partial charge < -0.3 is 39.5 Å². The number of nitrogens with two attached hydrogens (primary N) is 1. The predicted octanol–water partition coefficient (Wildman–Crippen LogP) is 14.1. The first-order chi connectivity index (χ1) is 36.0. The molecule has 0 radical (unpaired) electrons. The molecule has 5 aromatic carbocycles. The van der Waals surface area contributed by atoms with E-state index in [0.717, 1.165) is 45.0 Å². The number of carboxylic acid groups (broad SMARTS) is 1. The molecule has 0 saturated heterocycles. The van der Waals surface area contributed by atoms with Gasteiger partial charge in [0, 0.05) is 88.1 Å². The highest BCUT2D eigenvalue weighted by molar-refractivity contribution is 9.11. The molecule has 1 amide bonds. The molecule has 0 fully saturated rings. The number of hydrogen-bond acceptors (Lipinski definition) is 8. The number of aryl methyl sites for hydroxylation is 2. The summed E-state index contributed by atoms with van der Waals surface area (Å²) < 4.78 is 80.8. The van der Waals surface area contributed by atoms with Crippen LogP contribution in [0.3, 0.4) is 0 Å². The minimum atomic E-state index is -1.20. The minimum absolute atomic E-state index is 0.0659. The van der Waals surface area contributed by atoms with Crippen molar-refractivity contribution in [3.8, 4) is 28.4 Å². The van der Waals surface area contributed by atoms with Gasteiger partial charge in [0.25, 0.3) is 0 Å². The molecule has 9 rings (SSSR count). The molecule has 0 aliphatic heterocycles. The van der Waals surface area contributed by atoms with Crippen LogP contribution >= 0.6 is 43.2 Å². The highest BCUT2D eigenvalue weighted by Crippen LogP contribution is 2.43. The van der Waals surface area contributed by atoms with Gasteiger partial charge in [-0.2, -0.15) is 0 Å². The number of anilines is 2. The molecule has 1 unspecified atom stereocenters. The van der Waals surface area contributed by atoms with Crippen LogP contribution in [0.4, 0.5) is 28.9 Å². The number of carboxylic acids is 1. The van der Waals surface area contributed by atoms with E-state index in [1.165, 1.54) is 41.7 Å². The number of carbonyl (C=O) groups is 3. The van der Waals surface area contributed by atoms with Gasteiger partial charge in [-0.1, -0.05) is 37.9 Å². The van der Waals surface area contributed by atoms with E-state index in [1.54, 1.807) is 36.4 Å². The molecular weight excluding hydrogens is 1120 g/mol. The number of aromatic nitrogens is 2. The van der Waals surface area contributed by atoms with Crippen LogP contribution in [0.1, 0.15) is 66.1 Å². The Morgan fingerprint density at radius 1 is 0.747 bits per heavy atom. The van der Waals surface area contributed by atoms with Gasteiger partial charge in [0.15, 0.2) is 0 Å². The smallest absolute Gasteiger partial charge is 0.338 e. The van der Waals surface area contributed by atoms with Gasteiger partial charge in [-0.3, -0.25) is 4.79 Å². The highest BCUT2D eigenvalue weighted by atomic mass is 79.9. The summed E-state index contributed by atoms with van der Waals surface area (Å²) in [5, 5.41) is 14.9. The molecule has 0 saturated carbocycles. The Morgan fingerprint density at radius 3 is 2.12 bits per heavy atom. The van der Waals surface area contributed by atoms with Crippen LogP contribution in [0.5, 0.6) is 5.75 Å². The van der Waals surface area contributed by atoms with Crippen molar-refractivity contribution in [3.63, 3.8) is 0 Å². The van der Waals surface area contributed by atoms with E-state index in [9.17, 15) is 32.7 Å². The third kappa shape index (κ3) is 12.0. The van der Waals surface area contributed by atoms with Crippen LogP contribution < -0.4 is 15.8 Å². The monoisotopic (exact) mass is 1160 g/mol. The second kappa shape index (κ2) is 22.4. The molecule has 1 aliphatic carbocycles. The van der Waals surface area contributed by atoms with E-state index in [4.69, 9.17) is 19.9 Å². The van der Waals surface area contributed by atoms with Gasteiger partial charge in [0.1, 0.15) is 54.6 Å². The van der Waals surface area contributed by atoms with Crippen LogP contribution in [-0.4, -0.2) is 38.7 Å². The summed E-state index contributed by atoms with van der Waals surface area (Å²) in [5.74, 6) is -5.06. The van der Waals surface area contributed by atoms with E-state index in [0.29, 0.717) is 49.9 Å². The van der Waals surface area contributed by atoms with Crippen LogP contribution in [0.2, 0.25) is 0 Å². The van der Waals surface area contributed by atoms with Crippen molar-refractivity contribution in [2.75, 3.05) is 17.7 Å². The van der Waals surface area contributed by atoms with E-state index < -0.39 is 41.1 Å². The lowest BCUT2D eigenvalue weighted by Gasteiger charge is -2.28. The second-order valence-electron chi connectivity index (χ2n) is 17.6. The highest BCUT2D eigenvalue weighted by Gasteiger charge is 2.30. The van der Waals surface area contributed by atoms with Crippen molar-refractivity contribution < 1.29 is 51.3 Å². The van der Waals surface area contributed by atoms with E-state index in [-0.39, 0.29) is 72.2 Å². The molecule has 3 aromatic heterocycles. The van der Waals surface area contributed by atoms with Crippen LogP contribution in [0.15, 0.2) is 159 Å². The molecule has 1 atom stereocenters. The lowest BCUT2D eigenvalue weighted by atomic mass is 9.91. The number of ether oxygens (including phenoxy) is 3. The van der Waals surface area contributed by atoms with Crippen molar-refractivity contribution in [1.82, 2.24) is 9.13 Å². The molecule has 18 heteroatoms. The summed E-state index contributed by atoms with van der Waals surface area (Å²) in [6.07, 6.45) is 2.03. The Morgan fingerprint density at radius 2 is 1.43 bits per heavy atom. The summed E-state index contributed by atoms with van der Waals surface area (Å²) in [6, 6.07) is 32.4. The Kier molecular flexibility index (Phi) is 15.6. The predicted molar refractivity (Wildman–Crippen MR) is 286 cm³/mol. The van der Waals surface area contributed by atoms with Crippen LogP contribution in [-0.2, 0) is 33.9 Å². The van der Waals surface area contributed by atoms with Crippen molar-refractivity contribution in [1.29, 1.82) is 0 Å². The fourth-order valence-electron chi connectivity index (χ4n) is 8.79. The number of hydrogen-bond donors (Lipinski definition) is 3. The summed E-state index contributed by atoms with van der Waals surface area (Å²) in [6.45, 7) is 3.01. The number of allylic oxidation sites excluding steroid dienone is 2.